The molecule has 1 N–H and O–H groups in total. The molecule has 5 heteroatoms. The molecule has 0 saturated carbocycles. The van der Waals surface area contributed by atoms with Crippen LogP contribution in [0.4, 0.5) is 0 Å². The Balaban J connectivity index is 1.28. The van der Waals surface area contributed by atoms with Gasteiger partial charge in [0.1, 0.15) is 12.4 Å². The van der Waals surface area contributed by atoms with Gasteiger partial charge in [0.05, 0.1) is 0 Å². The summed E-state index contributed by atoms with van der Waals surface area (Å²) in [5, 5.41) is 4.44. The van der Waals surface area contributed by atoms with E-state index >= 15 is 0 Å². The highest BCUT2D eigenvalue weighted by Gasteiger charge is 2.19. The zero-order valence-electron chi connectivity index (χ0n) is 17.1. The molecule has 30 heavy (non-hydrogen) atoms. The summed E-state index contributed by atoms with van der Waals surface area (Å²) in [7, 11) is 0. The molecule has 1 aromatic heterocycles. The zero-order valence-corrected chi connectivity index (χ0v) is 17.9. The Kier molecular flexibility index (Phi) is 7.35. The largest absolute Gasteiger partial charge is 0.489 e. The van der Waals surface area contributed by atoms with Crippen LogP contribution in [0.3, 0.4) is 0 Å². The van der Waals surface area contributed by atoms with E-state index in [-0.39, 0.29) is 0 Å². The SMILES string of the molecule is Clc1ccc(OCc2cccnc2)c(CNC2CCN(Cc3ccccc3)CC2)c1. The number of rotatable bonds is 8. The molecule has 1 aliphatic heterocycles. The molecule has 1 aliphatic rings. The van der Waals surface area contributed by atoms with Crippen LogP contribution in [0.15, 0.2) is 73.1 Å². The number of pyridine rings is 1. The third kappa shape index (κ3) is 6.05. The van der Waals surface area contributed by atoms with Crippen molar-refractivity contribution in [3.8, 4) is 5.75 Å². The van der Waals surface area contributed by atoms with Crippen LogP contribution in [-0.4, -0.2) is 29.0 Å². The van der Waals surface area contributed by atoms with Gasteiger partial charge in [0, 0.05) is 47.7 Å². The molecule has 4 nitrogen and oxygen atoms in total. The van der Waals surface area contributed by atoms with Crippen molar-refractivity contribution in [2.45, 2.75) is 38.6 Å². The normalized spacial score (nSPS) is 15.2. The minimum absolute atomic E-state index is 0.500. The number of benzene rings is 2. The van der Waals surface area contributed by atoms with Crippen molar-refractivity contribution in [3.63, 3.8) is 0 Å². The van der Waals surface area contributed by atoms with E-state index in [1.807, 2.05) is 36.5 Å². The highest BCUT2D eigenvalue weighted by atomic mass is 35.5. The van der Waals surface area contributed by atoms with E-state index in [0.717, 1.165) is 60.9 Å². The van der Waals surface area contributed by atoms with Gasteiger partial charge in [-0.25, -0.2) is 0 Å². The first-order valence-corrected chi connectivity index (χ1v) is 10.9. The number of ether oxygens (including phenoxy) is 1. The smallest absolute Gasteiger partial charge is 0.124 e. The maximum atomic E-state index is 6.25. The fourth-order valence-electron chi connectivity index (χ4n) is 3.86. The van der Waals surface area contributed by atoms with E-state index in [1.165, 1.54) is 5.56 Å². The Hall–Kier alpha value is -2.40. The first kappa shape index (κ1) is 20.9. The number of aromatic nitrogens is 1. The van der Waals surface area contributed by atoms with E-state index in [0.29, 0.717) is 12.6 Å². The monoisotopic (exact) mass is 421 g/mol. The van der Waals surface area contributed by atoms with Gasteiger partial charge < -0.3 is 10.1 Å². The van der Waals surface area contributed by atoms with Crippen LogP contribution >= 0.6 is 11.6 Å². The van der Waals surface area contributed by atoms with Crippen molar-refractivity contribution in [2.24, 2.45) is 0 Å². The molecule has 1 fully saturated rings. The Labute approximate surface area is 183 Å². The van der Waals surface area contributed by atoms with Crippen LogP contribution in [0.2, 0.25) is 5.02 Å². The summed E-state index contributed by atoms with van der Waals surface area (Å²) < 4.78 is 6.05. The first-order valence-electron chi connectivity index (χ1n) is 10.6. The molecule has 3 aromatic rings. The summed E-state index contributed by atoms with van der Waals surface area (Å²) in [5.41, 5.74) is 3.54. The lowest BCUT2D eigenvalue weighted by Gasteiger charge is -2.32. The summed E-state index contributed by atoms with van der Waals surface area (Å²) in [6.07, 6.45) is 5.90. The highest BCUT2D eigenvalue weighted by molar-refractivity contribution is 6.30. The van der Waals surface area contributed by atoms with Crippen molar-refractivity contribution in [3.05, 3.63) is 94.8 Å². The average molecular weight is 422 g/mol. The Morgan fingerprint density at radius 2 is 1.80 bits per heavy atom. The quantitative estimate of drug-likeness (QED) is 0.551. The molecule has 0 aliphatic carbocycles. The van der Waals surface area contributed by atoms with Gasteiger partial charge in [-0.15, -0.1) is 0 Å². The maximum absolute atomic E-state index is 6.25. The van der Waals surface area contributed by atoms with Crippen LogP contribution in [0.5, 0.6) is 5.75 Å². The number of piperidine rings is 1. The van der Waals surface area contributed by atoms with Crippen molar-refractivity contribution >= 4 is 11.6 Å². The predicted octanol–water partition coefficient (Wildman–Crippen LogP) is 5.07. The van der Waals surface area contributed by atoms with Gasteiger partial charge in [-0.2, -0.15) is 0 Å². The maximum Gasteiger partial charge on any atom is 0.124 e. The average Bonchev–Trinajstić information content (AvgIpc) is 2.79. The van der Waals surface area contributed by atoms with Crippen LogP contribution in [0.25, 0.3) is 0 Å². The molecule has 2 aromatic carbocycles. The molecule has 0 amide bonds. The molecular formula is C25H28ClN3O. The lowest BCUT2D eigenvalue weighted by molar-refractivity contribution is 0.189. The lowest BCUT2D eigenvalue weighted by Crippen LogP contribution is -2.41. The van der Waals surface area contributed by atoms with Crippen LogP contribution in [0, 0.1) is 0 Å². The van der Waals surface area contributed by atoms with E-state index in [9.17, 15) is 0 Å². The van der Waals surface area contributed by atoms with Crippen molar-refractivity contribution in [1.82, 2.24) is 15.2 Å². The van der Waals surface area contributed by atoms with Gasteiger partial charge in [-0.1, -0.05) is 48.0 Å². The molecule has 1 saturated heterocycles. The number of halogens is 1. The third-order valence-electron chi connectivity index (χ3n) is 5.56. The minimum Gasteiger partial charge on any atom is -0.489 e. The van der Waals surface area contributed by atoms with Crippen LogP contribution < -0.4 is 10.1 Å². The minimum atomic E-state index is 0.500. The molecular weight excluding hydrogens is 394 g/mol. The number of nitrogens with one attached hydrogen (secondary N) is 1. The standard InChI is InChI=1S/C25H28ClN3O/c26-23-8-9-25(30-19-21-7-4-12-27-16-21)22(15-23)17-28-24-10-13-29(14-11-24)18-20-5-2-1-3-6-20/h1-9,12,15-16,24,28H,10-11,13-14,17-19H2. The Morgan fingerprint density at radius 1 is 1.00 bits per heavy atom. The molecule has 0 bridgehead atoms. The molecule has 0 unspecified atom stereocenters. The number of hydrogen-bond acceptors (Lipinski definition) is 4. The molecule has 4 rings (SSSR count). The van der Waals surface area contributed by atoms with Crippen LogP contribution in [-0.2, 0) is 19.7 Å². The summed E-state index contributed by atoms with van der Waals surface area (Å²) in [5.74, 6) is 0.872. The summed E-state index contributed by atoms with van der Waals surface area (Å²) in [6.45, 7) is 4.53. The fraction of sp³-hybridized carbons (Fsp3) is 0.320. The third-order valence-corrected chi connectivity index (χ3v) is 5.79. The Morgan fingerprint density at radius 3 is 2.57 bits per heavy atom. The summed E-state index contributed by atoms with van der Waals surface area (Å²) in [6, 6.07) is 21.0. The lowest BCUT2D eigenvalue weighted by atomic mass is 10.0. The molecule has 0 atom stereocenters. The molecule has 0 radical (unpaired) electrons. The molecule has 2 heterocycles. The zero-order chi connectivity index (χ0) is 20.6. The van der Waals surface area contributed by atoms with Crippen molar-refractivity contribution in [2.75, 3.05) is 13.1 Å². The van der Waals surface area contributed by atoms with Crippen LogP contribution in [0.1, 0.15) is 29.5 Å². The second-order valence-corrected chi connectivity index (χ2v) is 8.26. The van der Waals surface area contributed by atoms with Gasteiger partial charge in [-0.3, -0.25) is 9.88 Å². The van der Waals surface area contributed by atoms with Gasteiger partial charge >= 0.3 is 0 Å². The number of likely N-dealkylation sites (tertiary alicyclic amines) is 1. The molecule has 156 valence electrons. The first-order chi connectivity index (χ1) is 14.8. The van der Waals surface area contributed by atoms with Gasteiger partial charge in [0.2, 0.25) is 0 Å². The number of hydrogen-bond donors (Lipinski definition) is 1. The predicted molar refractivity (Wildman–Crippen MR) is 122 cm³/mol. The Bertz CT molecular complexity index is 912. The fourth-order valence-corrected chi connectivity index (χ4v) is 4.06. The topological polar surface area (TPSA) is 37.4 Å². The molecule has 0 spiro atoms. The van der Waals surface area contributed by atoms with Gasteiger partial charge in [-0.05, 0) is 55.8 Å². The van der Waals surface area contributed by atoms with E-state index in [2.05, 4.69) is 45.5 Å². The second-order valence-electron chi connectivity index (χ2n) is 7.82. The van der Waals surface area contributed by atoms with E-state index in [4.69, 9.17) is 16.3 Å². The van der Waals surface area contributed by atoms with E-state index in [1.54, 1.807) is 6.20 Å². The summed E-state index contributed by atoms with van der Waals surface area (Å²) >= 11 is 6.25. The van der Waals surface area contributed by atoms with Crippen molar-refractivity contribution in [1.29, 1.82) is 0 Å². The van der Waals surface area contributed by atoms with Crippen molar-refractivity contribution < 1.29 is 4.74 Å². The highest BCUT2D eigenvalue weighted by Crippen LogP contribution is 2.24. The number of nitrogens with zero attached hydrogens (tertiary/aromatic N) is 2. The second kappa shape index (κ2) is 10.6. The van der Waals surface area contributed by atoms with E-state index < -0.39 is 0 Å². The van der Waals surface area contributed by atoms with Gasteiger partial charge in [0.25, 0.3) is 0 Å². The van der Waals surface area contributed by atoms with Gasteiger partial charge in [0.15, 0.2) is 0 Å². The summed E-state index contributed by atoms with van der Waals surface area (Å²) in [4.78, 5) is 6.68.